The number of carboxylic acid groups (broad SMARTS) is 1. The smallest absolute Gasteiger partial charge is 0.420 e. The number of benzene rings is 2. The molecule has 1 fully saturated rings. The molecule has 1 saturated carbocycles. The number of carbonyl (C=O) groups is 1. The summed E-state index contributed by atoms with van der Waals surface area (Å²) in [6, 6.07) is 7.31. The Morgan fingerprint density at radius 3 is 2.58 bits per heavy atom. The van der Waals surface area contributed by atoms with Crippen molar-refractivity contribution >= 4 is 16.9 Å². The summed E-state index contributed by atoms with van der Waals surface area (Å²) < 4.78 is 51.9. The van der Waals surface area contributed by atoms with Gasteiger partial charge in [0.25, 0.3) is 0 Å². The van der Waals surface area contributed by atoms with Crippen molar-refractivity contribution in [2.24, 2.45) is 0 Å². The zero-order chi connectivity index (χ0) is 22.2. The molecule has 2 aromatic carbocycles. The zero-order valence-corrected chi connectivity index (χ0v) is 16.9. The summed E-state index contributed by atoms with van der Waals surface area (Å²) in [4.78, 5) is 13.9. The summed E-state index contributed by atoms with van der Waals surface area (Å²) >= 11 is 0. The van der Waals surface area contributed by atoms with E-state index in [4.69, 9.17) is 14.6 Å². The molecule has 1 aromatic heterocycles. The number of ether oxygens (including phenoxy) is 2. The number of fused-ring (bicyclic) bond motifs is 1. The van der Waals surface area contributed by atoms with Gasteiger partial charge in [0.2, 0.25) is 0 Å². The lowest BCUT2D eigenvalue weighted by atomic mass is 9.97. The van der Waals surface area contributed by atoms with Gasteiger partial charge in [-0.2, -0.15) is 13.2 Å². The van der Waals surface area contributed by atoms with E-state index in [-0.39, 0.29) is 17.1 Å². The van der Waals surface area contributed by atoms with Gasteiger partial charge < -0.3 is 19.6 Å². The molecule has 0 saturated heterocycles. The van der Waals surface area contributed by atoms with Crippen molar-refractivity contribution in [3.63, 3.8) is 0 Å². The van der Waals surface area contributed by atoms with Gasteiger partial charge in [-0.15, -0.1) is 0 Å². The first-order valence-electron chi connectivity index (χ1n) is 10.1. The molecule has 0 atom stereocenters. The lowest BCUT2D eigenvalue weighted by Gasteiger charge is -2.18. The minimum Gasteiger partial charge on any atom is -0.482 e. The number of aromatic nitrogens is 1. The van der Waals surface area contributed by atoms with Gasteiger partial charge in [0.05, 0.1) is 0 Å². The van der Waals surface area contributed by atoms with Gasteiger partial charge in [-0.05, 0) is 67.1 Å². The molecule has 1 heterocycles. The molecule has 0 amide bonds. The van der Waals surface area contributed by atoms with Crippen LogP contribution < -0.4 is 9.47 Å². The Balaban J connectivity index is 1.70. The maximum atomic E-state index is 13.7. The molecule has 1 aliphatic rings. The van der Waals surface area contributed by atoms with Crippen LogP contribution in [0.3, 0.4) is 0 Å². The minimum atomic E-state index is -4.70. The number of nitrogens with one attached hydrogen (secondary N) is 1. The van der Waals surface area contributed by atoms with E-state index in [9.17, 15) is 18.0 Å². The molecule has 0 unspecified atom stereocenters. The Kier molecular flexibility index (Phi) is 5.56. The molecule has 2 N–H and O–H groups in total. The van der Waals surface area contributed by atoms with E-state index >= 15 is 0 Å². The monoisotopic (exact) mass is 433 g/mol. The SMILES string of the molecule is Cc1cc(OCC(=O)O)cc(C(F)(F)F)c1Oc1ccc2[nH]cc(C3CCCC3)c2c1. The van der Waals surface area contributed by atoms with Crippen molar-refractivity contribution in [3.05, 3.63) is 53.2 Å². The highest BCUT2D eigenvalue weighted by molar-refractivity contribution is 5.85. The van der Waals surface area contributed by atoms with Crippen LogP contribution in [0.1, 0.15) is 48.3 Å². The summed E-state index contributed by atoms with van der Waals surface area (Å²) in [5.74, 6) is -1.03. The van der Waals surface area contributed by atoms with E-state index in [0.717, 1.165) is 29.8 Å². The highest BCUT2D eigenvalue weighted by Crippen LogP contribution is 2.44. The van der Waals surface area contributed by atoms with Crippen LogP contribution in [0.4, 0.5) is 13.2 Å². The second-order valence-corrected chi connectivity index (χ2v) is 7.83. The fraction of sp³-hybridized carbons (Fsp3) is 0.348. The lowest BCUT2D eigenvalue weighted by molar-refractivity contribution is -0.139. The number of alkyl halides is 3. The van der Waals surface area contributed by atoms with Crippen molar-refractivity contribution in [1.82, 2.24) is 4.98 Å². The zero-order valence-electron chi connectivity index (χ0n) is 16.9. The summed E-state index contributed by atoms with van der Waals surface area (Å²) in [7, 11) is 0. The van der Waals surface area contributed by atoms with Crippen LogP contribution in [-0.2, 0) is 11.0 Å². The quantitative estimate of drug-likeness (QED) is 0.471. The van der Waals surface area contributed by atoms with Gasteiger partial charge in [0.1, 0.15) is 22.8 Å². The van der Waals surface area contributed by atoms with Gasteiger partial charge in [-0.1, -0.05) is 12.8 Å². The third-order valence-corrected chi connectivity index (χ3v) is 5.62. The van der Waals surface area contributed by atoms with Crippen molar-refractivity contribution in [1.29, 1.82) is 0 Å². The minimum absolute atomic E-state index is 0.177. The predicted molar refractivity (Wildman–Crippen MR) is 109 cm³/mol. The van der Waals surface area contributed by atoms with Gasteiger partial charge in [-0.3, -0.25) is 0 Å². The highest BCUT2D eigenvalue weighted by atomic mass is 19.4. The molecule has 1 aliphatic carbocycles. The molecule has 31 heavy (non-hydrogen) atoms. The number of halogens is 3. The third kappa shape index (κ3) is 4.47. The van der Waals surface area contributed by atoms with E-state index < -0.39 is 24.3 Å². The van der Waals surface area contributed by atoms with Gasteiger partial charge in [0.15, 0.2) is 6.61 Å². The Bertz CT molecular complexity index is 1110. The number of H-pyrrole nitrogens is 1. The summed E-state index contributed by atoms with van der Waals surface area (Å²) in [5, 5.41) is 9.67. The Labute approximate surface area is 176 Å². The van der Waals surface area contributed by atoms with Crippen molar-refractivity contribution in [2.45, 2.75) is 44.7 Å². The summed E-state index contributed by atoms with van der Waals surface area (Å²) in [5.41, 5.74) is 1.26. The van der Waals surface area contributed by atoms with Gasteiger partial charge in [-0.25, -0.2) is 4.79 Å². The van der Waals surface area contributed by atoms with Crippen LogP contribution in [0, 0.1) is 6.92 Å². The standard InChI is InChI=1S/C23H22F3NO4/c1-13-8-16(30-12-21(28)29)10-19(23(24,25)26)22(13)31-15-6-7-20-17(9-15)18(11-27-20)14-4-2-3-5-14/h6-11,14,27H,2-5,12H2,1H3,(H,28,29). The topological polar surface area (TPSA) is 71.6 Å². The Morgan fingerprint density at radius 1 is 1.16 bits per heavy atom. The van der Waals surface area contributed by atoms with Crippen molar-refractivity contribution in [3.8, 4) is 17.2 Å². The molecule has 0 aliphatic heterocycles. The fourth-order valence-corrected chi connectivity index (χ4v) is 4.19. The second-order valence-electron chi connectivity index (χ2n) is 7.83. The molecule has 8 heteroatoms. The van der Waals surface area contributed by atoms with E-state index in [2.05, 4.69) is 4.98 Å². The van der Waals surface area contributed by atoms with Gasteiger partial charge >= 0.3 is 12.1 Å². The number of aryl methyl sites for hydroxylation is 1. The normalized spacial score (nSPS) is 14.8. The van der Waals surface area contributed by atoms with Crippen LogP contribution in [0.5, 0.6) is 17.2 Å². The molecular formula is C23H22F3NO4. The molecule has 5 nitrogen and oxygen atoms in total. The molecule has 164 valence electrons. The largest absolute Gasteiger partial charge is 0.482 e. The summed E-state index contributed by atoms with van der Waals surface area (Å²) in [6.07, 6.45) is 1.84. The van der Waals surface area contributed by atoms with Crippen LogP contribution in [0.2, 0.25) is 0 Å². The number of aromatic amines is 1. The molecule has 0 bridgehead atoms. The van der Waals surface area contributed by atoms with Crippen LogP contribution in [0.25, 0.3) is 10.9 Å². The van der Waals surface area contributed by atoms with Crippen LogP contribution >= 0.6 is 0 Å². The second kappa shape index (κ2) is 8.17. The van der Waals surface area contributed by atoms with E-state index in [1.165, 1.54) is 31.4 Å². The maximum Gasteiger partial charge on any atom is 0.420 e. The first kappa shape index (κ1) is 21.1. The van der Waals surface area contributed by atoms with Crippen molar-refractivity contribution in [2.75, 3.05) is 6.61 Å². The van der Waals surface area contributed by atoms with Gasteiger partial charge in [0, 0.05) is 17.1 Å². The highest BCUT2D eigenvalue weighted by Gasteiger charge is 2.36. The molecule has 0 radical (unpaired) electrons. The van der Waals surface area contributed by atoms with E-state index in [1.807, 2.05) is 6.20 Å². The van der Waals surface area contributed by atoms with Crippen molar-refractivity contribution < 1.29 is 32.5 Å². The average molecular weight is 433 g/mol. The fourth-order valence-electron chi connectivity index (χ4n) is 4.19. The first-order chi connectivity index (χ1) is 14.7. The molecular weight excluding hydrogens is 411 g/mol. The van der Waals surface area contributed by atoms with Crippen LogP contribution in [-0.4, -0.2) is 22.7 Å². The number of hydrogen-bond donors (Lipinski definition) is 2. The number of rotatable bonds is 6. The van der Waals surface area contributed by atoms with Crippen LogP contribution in [0.15, 0.2) is 36.5 Å². The average Bonchev–Trinajstić information content (AvgIpc) is 3.36. The number of hydrogen-bond acceptors (Lipinski definition) is 3. The number of carboxylic acids is 1. The lowest BCUT2D eigenvalue weighted by Crippen LogP contribution is -2.12. The maximum absolute atomic E-state index is 13.7. The molecule has 0 spiro atoms. The predicted octanol–water partition coefficient (Wildman–Crippen LogP) is 6.41. The molecule has 3 aromatic rings. The number of aliphatic carboxylic acids is 1. The van der Waals surface area contributed by atoms with E-state index in [1.54, 1.807) is 18.2 Å². The molecule has 4 rings (SSSR count). The third-order valence-electron chi connectivity index (χ3n) is 5.62. The van der Waals surface area contributed by atoms with E-state index in [0.29, 0.717) is 11.7 Å². The Hall–Kier alpha value is -3.16. The Morgan fingerprint density at radius 2 is 1.90 bits per heavy atom. The summed E-state index contributed by atoms with van der Waals surface area (Å²) in [6.45, 7) is 0.738. The first-order valence-corrected chi connectivity index (χ1v) is 10.1.